The molecule has 0 bridgehead atoms. The average Bonchev–Trinajstić information content (AvgIpc) is 2.38. The van der Waals surface area contributed by atoms with Gasteiger partial charge in [0.1, 0.15) is 0 Å². The van der Waals surface area contributed by atoms with E-state index in [4.69, 9.17) is 0 Å². The zero-order valence-electron chi connectivity index (χ0n) is 10.7. The Morgan fingerprint density at radius 1 is 1.33 bits per heavy atom. The van der Waals surface area contributed by atoms with E-state index >= 15 is 0 Å². The largest absolute Gasteiger partial charge is 0.478 e. The van der Waals surface area contributed by atoms with Gasteiger partial charge >= 0.3 is 12.0 Å². The maximum absolute atomic E-state index is 11.6. The van der Waals surface area contributed by atoms with Crippen LogP contribution in [0.1, 0.15) is 45.4 Å². The van der Waals surface area contributed by atoms with Crippen molar-refractivity contribution in [1.29, 1.82) is 0 Å². The number of urea groups is 1. The van der Waals surface area contributed by atoms with Crippen molar-refractivity contribution in [3.05, 3.63) is 11.3 Å². The molecule has 2 rings (SSSR count). The molecular formula is C13H20N2O3. The molecule has 1 aliphatic carbocycles. The van der Waals surface area contributed by atoms with E-state index in [2.05, 4.69) is 10.6 Å². The summed E-state index contributed by atoms with van der Waals surface area (Å²) in [6.45, 7) is 1.86. The topological polar surface area (TPSA) is 78.4 Å². The highest BCUT2D eigenvalue weighted by atomic mass is 16.4. The lowest BCUT2D eigenvalue weighted by Gasteiger charge is -2.35. The molecule has 1 fully saturated rings. The Morgan fingerprint density at radius 2 is 2.00 bits per heavy atom. The molecule has 0 aromatic carbocycles. The first-order valence-corrected chi connectivity index (χ1v) is 6.67. The SMILES string of the molecule is CCC1=C(C(=O)O)C(C2CCCCC2)NC(=O)N1. The first-order chi connectivity index (χ1) is 8.63. The molecule has 5 heteroatoms. The summed E-state index contributed by atoms with van der Waals surface area (Å²) in [5, 5.41) is 14.8. The van der Waals surface area contributed by atoms with Crippen LogP contribution in [0.2, 0.25) is 0 Å². The number of carboxylic acid groups (broad SMARTS) is 1. The highest BCUT2D eigenvalue weighted by molar-refractivity contribution is 5.93. The Bertz CT molecular complexity index is 384. The van der Waals surface area contributed by atoms with Crippen molar-refractivity contribution in [2.24, 2.45) is 5.92 Å². The molecule has 1 atom stereocenters. The molecule has 18 heavy (non-hydrogen) atoms. The molecule has 3 N–H and O–H groups in total. The van der Waals surface area contributed by atoms with E-state index in [0.717, 1.165) is 25.7 Å². The van der Waals surface area contributed by atoms with Gasteiger partial charge in [0.05, 0.1) is 11.6 Å². The van der Waals surface area contributed by atoms with Crippen molar-refractivity contribution in [2.75, 3.05) is 0 Å². The summed E-state index contributed by atoms with van der Waals surface area (Å²) < 4.78 is 0. The number of hydrogen-bond acceptors (Lipinski definition) is 2. The molecule has 2 aliphatic rings. The minimum absolute atomic E-state index is 0.262. The third kappa shape index (κ3) is 2.49. The summed E-state index contributed by atoms with van der Waals surface area (Å²) >= 11 is 0. The number of carbonyl (C=O) groups excluding carboxylic acids is 1. The summed E-state index contributed by atoms with van der Waals surface area (Å²) in [5.41, 5.74) is 0.908. The third-order valence-corrected chi connectivity index (χ3v) is 3.89. The van der Waals surface area contributed by atoms with Gasteiger partial charge in [0, 0.05) is 5.70 Å². The maximum atomic E-state index is 11.6. The van der Waals surface area contributed by atoms with Crippen molar-refractivity contribution in [3.8, 4) is 0 Å². The third-order valence-electron chi connectivity index (χ3n) is 3.89. The number of carbonyl (C=O) groups is 2. The molecular weight excluding hydrogens is 232 g/mol. The van der Waals surface area contributed by atoms with Crippen LogP contribution in [0.25, 0.3) is 0 Å². The predicted octanol–water partition coefficient (Wildman–Crippen LogP) is 2.00. The number of amides is 2. The minimum atomic E-state index is -0.921. The van der Waals surface area contributed by atoms with E-state index in [0.29, 0.717) is 17.7 Å². The second-order valence-electron chi connectivity index (χ2n) is 5.03. The minimum Gasteiger partial charge on any atom is -0.478 e. The van der Waals surface area contributed by atoms with Gasteiger partial charge in [-0.3, -0.25) is 0 Å². The van der Waals surface area contributed by atoms with Crippen LogP contribution in [-0.4, -0.2) is 23.1 Å². The molecule has 1 aliphatic heterocycles. The predicted molar refractivity (Wildman–Crippen MR) is 67.0 cm³/mol. The number of hydrogen-bond donors (Lipinski definition) is 3. The van der Waals surface area contributed by atoms with Gasteiger partial charge in [0.25, 0.3) is 0 Å². The lowest BCUT2D eigenvalue weighted by molar-refractivity contribution is -0.133. The van der Waals surface area contributed by atoms with E-state index in [1.807, 2.05) is 6.92 Å². The van der Waals surface area contributed by atoms with Crippen LogP contribution in [0.5, 0.6) is 0 Å². The molecule has 0 saturated heterocycles. The fraction of sp³-hybridized carbons (Fsp3) is 0.692. The van der Waals surface area contributed by atoms with Crippen LogP contribution in [0.15, 0.2) is 11.3 Å². The average molecular weight is 252 g/mol. The molecule has 0 spiro atoms. The summed E-state index contributed by atoms with van der Waals surface area (Å²) in [4.78, 5) is 23.0. The summed E-state index contributed by atoms with van der Waals surface area (Å²) in [6.07, 6.45) is 6.00. The van der Waals surface area contributed by atoms with Crippen molar-refractivity contribution in [2.45, 2.75) is 51.5 Å². The molecule has 1 unspecified atom stereocenters. The molecule has 5 nitrogen and oxygen atoms in total. The maximum Gasteiger partial charge on any atom is 0.335 e. The fourth-order valence-electron chi connectivity index (χ4n) is 3.00. The number of rotatable bonds is 3. The van der Waals surface area contributed by atoms with E-state index in [9.17, 15) is 14.7 Å². The number of nitrogens with one attached hydrogen (secondary N) is 2. The smallest absolute Gasteiger partial charge is 0.335 e. The standard InChI is InChI=1S/C13H20N2O3/c1-2-9-10(12(16)17)11(15-13(18)14-9)8-6-4-3-5-7-8/h8,11H,2-7H2,1H3,(H,16,17)(H2,14,15,18). The van der Waals surface area contributed by atoms with Gasteiger partial charge in [0.2, 0.25) is 0 Å². The highest BCUT2D eigenvalue weighted by Gasteiger charge is 2.36. The Hall–Kier alpha value is -1.52. The van der Waals surface area contributed by atoms with Crippen LogP contribution in [0, 0.1) is 5.92 Å². The fourth-order valence-corrected chi connectivity index (χ4v) is 3.00. The molecule has 0 aromatic rings. The Labute approximate surface area is 107 Å². The zero-order valence-corrected chi connectivity index (χ0v) is 10.7. The van der Waals surface area contributed by atoms with Crippen LogP contribution < -0.4 is 10.6 Å². The summed E-state index contributed by atoms with van der Waals surface area (Å²) in [5.74, 6) is -0.660. The monoisotopic (exact) mass is 252 g/mol. The zero-order chi connectivity index (χ0) is 13.1. The Balaban J connectivity index is 2.29. The van der Waals surface area contributed by atoms with Gasteiger partial charge in [-0.1, -0.05) is 26.2 Å². The van der Waals surface area contributed by atoms with E-state index in [1.165, 1.54) is 6.42 Å². The van der Waals surface area contributed by atoms with E-state index in [1.54, 1.807) is 0 Å². The Kier molecular flexibility index (Phi) is 3.89. The van der Waals surface area contributed by atoms with Gasteiger partial charge in [-0.15, -0.1) is 0 Å². The first kappa shape index (κ1) is 12.9. The van der Waals surface area contributed by atoms with Crippen molar-refractivity contribution in [1.82, 2.24) is 10.6 Å². The summed E-state index contributed by atoms with van der Waals surface area (Å²) in [6, 6.07) is -0.598. The number of carboxylic acids is 1. The molecule has 0 radical (unpaired) electrons. The lowest BCUT2D eigenvalue weighted by atomic mass is 9.79. The van der Waals surface area contributed by atoms with Gasteiger partial charge in [-0.05, 0) is 25.2 Å². The molecule has 0 aromatic heterocycles. The van der Waals surface area contributed by atoms with Gasteiger partial charge < -0.3 is 15.7 Å². The number of aliphatic carboxylic acids is 1. The quantitative estimate of drug-likeness (QED) is 0.718. The molecule has 2 amide bonds. The van der Waals surface area contributed by atoms with Crippen LogP contribution in [-0.2, 0) is 4.79 Å². The normalized spacial score (nSPS) is 25.6. The lowest BCUT2D eigenvalue weighted by Crippen LogP contribution is -2.53. The summed E-state index contributed by atoms with van der Waals surface area (Å²) in [7, 11) is 0. The van der Waals surface area contributed by atoms with Crippen molar-refractivity contribution < 1.29 is 14.7 Å². The number of allylic oxidation sites excluding steroid dienone is 1. The van der Waals surface area contributed by atoms with Crippen LogP contribution in [0.3, 0.4) is 0 Å². The molecule has 1 heterocycles. The van der Waals surface area contributed by atoms with Crippen LogP contribution >= 0.6 is 0 Å². The van der Waals surface area contributed by atoms with Gasteiger partial charge in [0.15, 0.2) is 0 Å². The van der Waals surface area contributed by atoms with Crippen molar-refractivity contribution >= 4 is 12.0 Å². The van der Waals surface area contributed by atoms with Crippen LogP contribution in [0.4, 0.5) is 4.79 Å². The first-order valence-electron chi connectivity index (χ1n) is 6.67. The second kappa shape index (κ2) is 5.42. The van der Waals surface area contributed by atoms with Crippen molar-refractivity contribution in [3.63, 3.8) is 0 Å². The van der Waals surface area contributed by atoms with E-state index < -0.39 is 5.97 Å². The highest BCUT2D eigenvalue weighted by Crippen LogP contribution is 2.31. The van der Waals surface area contributed by atoms with Gasteiger partial charge in [-0.2, -0.15) is 0 Å². The van der Waals surface area contributed by atoms with Gasteiger partial charge in [-0.25, -0.2) is 9.59 Å². The molecule has 100 valence electrons. The van der Waals surface area contributed by atoms with E-state index in [-0.39, 0.29) is 18.0 Å². The Morgan fingerprint density at radius 3 is 2.56 bits per heavy atom. The second-order valence-corrected chi connectivity index (χ2v) is 5.03. The molecule has 1 saturated carbocycles.